The van der Waals surface area contributed by atoms with Gasteiger partial charge in [0.05, 0.1) is 46.0 Å². The number of aliphatic hydroxyl groups is 2. The van der Waals surface area contributed by atoms with Crippen LogP contribution in [0.3, 0.4) is 0 Å². The van der Waals surface area contributed by atoms with Crippen molar-refractivity contribution in [3.8, 4) is 0 Å². The third-order valence-electron chi connectivity index (χ3n) is 9.20. The molecule has 328 valence electrons. The molecule has 0 fully saturated rings. The average Bonchev–Trinajstić information content (AvgIpc) is 3.15. The Morgan fingerprint density at radius 1 is 0.684 bits per heavy atom. The zero-order chi connectivity index (χ0) is 42.3. The van der Waals surface area contributed by atoms with E-state index in [1.54, 1.807) is 12.2 Å². The Morgan fingerprint density at radius 2 is 1.25 bits per heavy atom. The molecule has 0 aromatic carbocycles. The smallest absolute Gasteiger partial charge is 0.268 e. The third kappa shape index (κ3) is 40.2. The number of likely N-dealkylation sites (N-methyl/N-ethyl adjacent to an activating group) is 1. The standard InChI is InChI=1S/C47H83N2O7P/c1-6-8-10-11-12-13-14-15-16-19-22-25-28-31-35-39-46(51)45(43-56-57(53,54)55-42-41-49(3,4)5)48-47(52)40-36-32-29-26-23-20-17-18-21-24-27-30-34-38-44(50)37-33-9-7-2/h9,18,20-21,23,27,29-30,32-35,38-39,44-46,50-51H,6-8,10-17,19,22,24-26,28,31,36-37,40-43H2,1-5H3,(H-,48,52,53,54)/b21-18-,23-20-,30-27+,32-29-,33-9-,38-34+,39-35+/t44?,45-,46+/m0/s1. The molecule has 4 atom stereocenters. The molecule has 0 spiro atoms. The van der Waals surface area contributed by atoms with Crippen LogP contribution in [0.4, 0.5) is 0 Å². The monoisotopic (exact) mass is 819 g/mol. The Balaban J connectivity index is 4.63. The Kier molecular flexibility index (Phi) is 36.3. The van der Waals surface area contributed by atoms with Gasteiger partial charge in [0, 0.05) is 6.42 Å². The van der Waals surface area contributed by atoms with Crippen LogP contribution < -0.4 is 10.2 Å². The van der Waals surface area contributed by atoms with Crippen molar-refractivity contribution >= 4 is 13.7 Å². The number of carbonyl (C=O) groups excluding carboxylic acids is 1. The minimum Gasteiger partial charge on any atom is -0.756 e. The molecule has 1 amide bonds. The number of unbranched alkanes of at least 4 members (excludes halogenated alkanes) is 13. The zero-order valence-electron chi connectivity index (χ0n) is 36.6. The second-order valence-electron chi connectivity index (χ2n) is 15.9. The van der Waals surface area contributed by atoms with E-state index in [4.69, 9.17) is 9.05 Å². The molecule has 10 heteroatoms. The van der Waals surface area contributed by atoms with Crippen molar-refractivity contribution in [2.75, 3.05) is 40.9 Å². The quantitative estimate of drug-likeness (QED) is 0.0186. The summed E-state index contributed by atoms with van der Waals surface area (Å²) in [6, 6.07) is -0.942. The van der Waals surface area contributed by atoms with Gasteiger partial charge in [-0.15, -0.1) is 0 Å². The Hall–Kier alpha value is -2.36. The molecule has 2 unspecified atom stereocenters. The molecule has 0 rings (SSSR count). The maximum atomic E-state index is 12.8. The number of rotatable bonds is 38. The highest BCUT2D eigenvalue weighted by Gasteiger charge is 2.23. The van der Waals surface area contributed by atoms with Gasteiger partial charge in [0.25, 0.3) is 7.82 Å². The number of phosphoric acid groups is 1. The molecule has 0 radical (unpaired) electrons. The van der Waals surface area contributed by atoms with Crippen LogP contribution in [0.25, 0.3) is 0 Å². The molecule has 0 aliphatic heterocycles. The first-order valence-electron chi connectivity index (χ1n) is 22.1. The fraction of sp³-hybridized carbons (Fsp3) is 0.681. The number of hydrogen-bond donors (Lipinski definition) is 3. The van der Waals surface area contributed by atoms with Crippen molar-refractivity contribution < 1.29 is 38.0 Å². The summed E-state index contributed by atoms with van der Waals surface area (Å²) in [5.74, 6) is -0.297. The number of allylic oxidation sites excluding steroid dienone is 11. The van der Waals surface area contributed by atoms with Crippen molar-refractivity contribution in [1.82, 2.24) is 5.32 Å². The molecule has 0 saturated heterocycles. The summed E-state index contributed by atoms with van der Waals surface area (Å²) in [5.41, 5.74) is 0. The first kappa shape index (κ1) is 54.6. The van der Waals surface area contributed by atoms with Crippen LogP contribution in [0, 0.1) is 0 Å². The first-order chi connectivity index (χ1) is 27.4. The number of amides is 1. The Bertz CT molecular complexity index is 1220. The van der Waals surface area contributed by atoms with Gasteiger partial charge in [-0.25, -0.2) is 0 Å². The van der Waals surface area contributed by atoms with Gasteiger partial charge in [0.2, 0.25) is 5.91 Å². The predicted octanol–water partition coefficient (Wildman–Crippen LogP) is 10.5. The molecule has 0 aromatic rings. The number of phosphoric ester groups is 1. The van der Waals surface area contributed by atoms with Crippen molar-refractivity contribution in [2.45, 2.75) is 167 Å². The van der Waals surface area contributed by atoms with E-state index < -0.39 is 32.7 Å². The van der Waals surface area contributed by atoms with Gasteiger partial charge >= 0.3 is 0 Å². The van der Waals surface area contributed by atoms with Gasteiger partial charge in [0.15, 0.2) is 0 Å². The highest BCUT2D eigenvalue weighted by Crippen LogP contribution is 2.38. The molecule has 0 heterocycles. The molecule has 0 aromatic heterocycles. The lowest BCUT2D eigenvalue weighted by atomic mass is 10.0. The molecular formula is C47H83N2O7P. The van der Waals surface area contributed by atoms with Crippen LogP contribution in [0.1, 0.15) is 149 Å². The summed E-state index contributed by atoms with van der Waals surface area (Å²) in [4.78, 5) is 25.3. The van der Waals surface area contributed by atoms with Crippen LogP contribution in [0.2, 0.25) is 0 Å². The summed E-state index contributed by atoms with van der Waals surface area (Å²) in [6.07, 6.45) is 48.3. The highest BCUT2D eigenvalue weighted by atomic mass is 31.2. The zero-order valence-corrected chi connectivity index (χ0v) is 37.5. The first-order valence-corrected chi connectivity index (χ1v) is 23.5. The fourth-order valence-corrected chi connectivity index (χ4v) is 6.39. The minimum atomic E-state index is -4.62. The molecule has 57 heavy (non-hydrogen) atoms. The van der Waals surface area contributed by atoms with Crippen LogP contribution in [0.5, 0.6) is 0 Å². The van der Waals surface area contributed by atoms with E-state index in [0.717, 1.165) is 44.9 Å². The summed E-state index contributed by atoms with van der Waals surface area (Å²) in [7, 11) is 1.17. The van der Waals surface area contributed by atoms with Crippen molar-refractivity contribution in [3.63, 3.8) is 0 Å². The number of quaternary nitrogens is 1. The molecule has 0 saturated carbocycles. The van der Waals surface area contributed by atoms with E-state index in [1.807, 2.05) is 63.7 Å². The number of nitrogens with zero attached hydrogens (tertiary/aromatic N) is 1. The second-order valence-corrected chi connectivity index (χ2v) is 17.3. The molecule has 0 aliphatic carbocycles. The summed E-state index contributed by atoms with van der Waals surface area (Å²) in [6.45, 7) is 4.35. The molecule has 3 N–H and O–H groups in total. The van der Waals surface area contributed by atoms with Gasteiger partial charge < -0.3 is 34.0 Å². The Morgan fingerprint density at radius 3 is 1.82 bits per heavy atom. The predicted molar refractivity (Wildman–Crippen MR) is 239 cm³/mol. The van der Waals surface area contributed by atoms with E-state index in [2.05, 4.69) is 49.5 Å². The van der Waals surface area contributed by atoms with Gasteiger partial charge in [-0.1, -0.05) is 176 Å². The van der Waals surface area contributed by atoms with E-state index >= 15 is 0 Å². The number of aliphatic hydroxyl groups excluding tert-OH is 2. The van der Waals surface area contributed by atoms with Crippen LogP contribution in [-0.2, 0) is 18.4 Å². The van der Waals surface area contributed by atoms with Crippen LogP contribution >= 0.6 is 7.82 Å². The van der Waals surface area contributed by atoms with Gasteiger partial charge in [-0.2, -0.15) is 0 Å². The van der Waals surface area contributed by atoms with Crippen molar-refractivity contribution in [2.24, 2.45) is 0 Å². The highest BCUT2D eigenvalue weighted by molar-refractivity contribution is 7.45. The van der Waals surface area contributed by atoms with E-state index in [0.29, 0.717) is 23.9 Å². The van der Waals surface area contributed by atoms with Gasteiger partial charge in [-0.3, -0.25) is 9.36 Å². The third-order valence-corrected chi connectivity index (χ3v) is 10.2. The molecule has 9 nitrogen and oxygen atoms in total. The Labute approximate surface area is 349 Å². The SMILES string of the molecule is CC/C=C\CC(O)/C=C/C=C/C/C=C\C/C=C\C/C=C\CCC(=O)N[C@@H](COP(=O)([O-])OCC[N+](C)(C)C)[C@H](O)/C=C/CCCCCCCCCCCCCCC. The lowest BCUT2D eigenvalue weighted by molar-refractivity contribution is -0.870. The lowest BCUT2D eigenvalue weighted by Crippen LogP contribution is -2.45. The number of hydrogen-bond acceptors (Lipinski definition) is 7. The van der Waals surface area contributed by atoms with Gasteiger partial charge in [0.1, 0.15) is 13.2 Å². The summed E-state index contributed by atoms with van der Waals surface area (Å²) in [5, 5.41) is 23.5. The topological polar surface area (TPSA) is 128 Å². The van der Waals surface area contributed by atoms with Crippen molar-refractivity contribution in [3.05, 3.63) is 85.1 Å². The minimum absolute atomic E-state index is 0.0261. The van der Waals surface area contributed by atoms with E-state index in [-0.39, 0.29) is 18.9 Å². The maximum absolute atomic E-state index is 12.8. The fourth-order valence-electron chi connectivity index (χ4n) is 5.67. The summed E-state index contributed by atoms with van der Waals surface area (Å²) >= 11 is 0. The average molecular weight is 819 g/mol. The number of carbonyl (C=O) groups is 1. The van der Waals surface area contributed by atoms with Crippen LogP contribution in [-0.4, -0.2) is 79.8 Å². The maximum Gasteiger partial charge on any atom is 0.268 e. The molecule has 0 aliphatic rings. The van der Waals surface area contributed by atoms with Gasteiger partial charge in [-0.05, 0) is 51.4 Å². The van der Waals surface area contributed by atoms with E-state index in [1.165, 1.54) is 70.6 Å². The summed E-state index contributed by atoms with van der Waals surface area (Å²) < 4.78 is 23.1. The van der Waals surface area contributed by atoms with Crippen LogP contribution in [0.15, 0.2) is 85.1 Å². The largest absolute Gasteiger partial charge is 0.756 e. The normalized spacial score (nSPS) is 15.7. The molecule has 0 bridgehead atoms. The van der Waals surface area contributed by atoms with Crippen molar-refractivity contribution in [1.29, 1.82) is 0 Å². The van der Waals surface area contributed by atoms with E-state index in [9.17, 15) is 24.5 Å². The lowest BCUT2D eigenvalue weighted by Gasteiger charge is -2.29. The number of nitrogens with one attached hydrogen (secondary N) is 1. The molecular weight excluding hydrogens is 735 g/mol. The second kappa shape index (κ2) is 37.9.